The van der Waals surface area contributed by atoms with Gasteiger partial charge < -0.3 is 18.8 Å². The number of hydrogen-bond acceptors (Lipinski definition) is 6. The first-order valence-electron chi connectivity index (χ1n) is 12.3. The van der Waals surface area contributed by atoms with Gasteiger partial charge in [0, 0.05) is 47.3 Å². The number of halogens is 3. The van der Waals surface area contributed by atoms with E-state index in [4.69, 9.17) is 42.0 Å². The van der Waals surface area contributed by atoms with Crippen molar-refractivity contribution in [3.8, 4) is 0 Å². The number of hydrogen-bond donors (Lipinski definition) is 0. The first kappa shape index (κ1) is 29.3. The monoisotopic (exact) mass is 624 g/mol. The Morgan fingerprint density at radius 1 is 0.816 bits per heavy atom. The zero-order chi connectivity index (χ0) is 27.7. The van der Waals surface area contributed by atoms with Gasteiger partial charge in [0.2, 0.25) is 0 Å². The van der Waals surface area contributed by atoms with E-state index < -0.39 is 18.3 Å². The molecule has 4 aromatic rings. The van der Waals surface area contributed by atoms with Gasteiger partial charge in [0.05, 0.1) is 58.6 Å². The number of methoxy groups -OCH3 is 2. The molecule has 5 rings (SSSR count). The van der Waals surface area contributed by atoms with Gasteiger partial charge in [0.25, 0.3) is 0 Å². The van der Waals surface area contributed by atoms with Crippen LogP contribution < -0.4 is 5.46 Å². The topological polar surface area (TPSA) is 72.6 Å². The van der Waals surface area contributed by atoms with Crippen LogP contribution in [0.1, 0.15) is 27.7 Å². The summed E-state index contributed by atoms with van der Waals surface area (Å²) >= 11 is 16.1. The molecule has 0 atom stereocenters. The van der Waals surface area contributed by atoms with E-state index in [1.165, 1.54) is 0 Å². The Hall–Kier alpha value is -1.66. The summed E-state index contributed by atoms with van der Waals surface area (Å²) in [6.45, 7) is 10.8. The lowest BCUT2D eigenvalue weighted by Gasteiger charge is -2.32. The van der Waals surface area contributed by atoms with Crippen LogP contribution in [-0.4, -0.2) is 65.3 Å². The zero-order valence-corrected chi connectivity index (χ0v) is 25.5. The van der Waals surface area contributed by atoms with Crippen molar-refractivity contribution in [2.24, 2.45) is 0 Å². The summed E-state index contributed by atoms with van der Waals surface area (Å²) in [5.74, 6) is 0. The summed E-state index contributed by atoms with van der Waals surface area (Å²) in [5.41, 5.74) is 1.81. The largest absolute Gasteiger partial charge is 0.496 e. The molecule has 12 heteroatoms. The van der Waals surface area contributed by atoms with E-state index in [0.717, 1.165) is 38.3 Å². The summed E-state index contributed by atoms with van der Waals surface area (Å²) in [7, 11) is 2.87. The maximum Gasteiger partial charge on any atom is 0.496 e. The normalized spacial score (nSPS) is 16.3. The molecule has 0 spiro atoms. The third-order valence-corrected chi connectivity index (χ3v) is 8.60. The fraction of sp³-hybridized carbons (Fsp3) is 0.462. The summed E-state index contributed by atoms with van der Waals surface area (Å²) in [6, 6.07) is 7.72. The van der Waals surface area contributed by atoms with E-state index in [-0.39, 0.29) is 0 Å². The number of rotatable bonds is 7. The molecule has 0 saturated carbocycles. The maximum absolute atomic E-state index is 6.61. The molecule has 0 amide bonds. The molecular weight excluding hydrogens is 594 g/mol. The number of fused-ring (bicyclic) bond motifs is 2. The average molecular weight is 626 g/mol. The fourth-order valence-electron chi connectivity index (χ4n) is 3.96. The molecule has 3 heterocycles. The van der Waals surface area contributed by atoms with Gasteiger partial charge in [-0.3, -0.25) is 9.36 Å². The summed E-state index contributed by atoms with van der Waals surface area (Å²) in [5, 5.41) is 12.1. The quantitative estimate of drug-likeness (QED) is 0.244. The summed E-state index contributed by atoms with van der Waals surface area (Å²) in [6.07, 6.45) is 3.87. The molecule has 1 fully saturated rings. The van der Waals surface area contributed by atoms with E-state index in [2.05, 4.69) is 26.1 Å². The van der Waals surface area contributed by atoms with Crippen LogP contribution in [0.3, 0.4) is 0 Å². The highest BCUT2D eigenvalue weighted by atomic mass is 79.9. The molecule has 38 heavy (non-hydrogen) atoms. The number of nitrogens with zero attached hydrogens (tertiary/aromatic N) is 4. The molecule has 1 saturated heterocycles. The highest BCUT2D eigenvalue weighted by molar-refractivity contribution is 9.10. The summed E-state index contributed by atoms with van der Waals surface area (Å²) in [4.78, 5) is 0. The maximum atomic E-state index is 6.61. The SMILES string of the molecule is COCCn1cc2c(Cl)c(B3OC(C)(C)C(C)(C)O3)ccc2n1.COCCn1cc2c(Cl)c(Br)ccc2n1. The standard InChI is InChI=1S/C16H22BClN2O3.C10H10BrClN2O/c1-15(2)16(3,4)23-17(22-15)12-6-7-13-11(14(12)18)10-20(19-13)8-9-21-5;1-15-5-4-14-6-7-9(13-14)3-2-8(11)10(7)12/h6-7,10H,8-9H2,1-5H3;2-3,6H,4-5H2,1H3. The molecule has 1 aliphatic rings. The molecule has 0 N–H and O–H groups in total. The Kier molecular flexibility index (Phi) is 9.14. The first-order valence-corrected chi connectivity index (χ1v) is 13.8. The Morgan fingerprint density at radius 2 is 1.29 bits per heavy atom. The van der Waals surface area contributed by atoms with E-state index in [1.807, 2.05) is 73.7 Å². The average Bonchev–Trinajstić information content (AvgIpc) is 3.53. The minimum atomic E-state index is -0.473. The molecule has 0 unspecified atom stereocenters. The fourth-order valence-corrected chi connectivity index (χ4v) is 4.81. The number of benzene rings is 2. The van der Waals surface area contributed by atoms with Crippen LogP contribution in [-0.2, 0) is 31.9 Å². The van der Waals surface area contributed by atoms with Gasteiger partial charge in [-0.2, -0.15) is 10.2 Å². The van der Waals surface area contributed by atoms with E-state index in [1.54, 1.807) is 14.2 Å². The zero-order valence-electron chi connectivity index (χ0n) is 22.4. The minimum Gasteiger partial charge on any atom is -0.399 e. The third kappa shape index (κ3) is 6.07. The molecule has 2 aromatic heterocycles. The highest BCUT2D eigenvalue weighted by Gasteiger charge is 2.52. The van der Waals surface area contributed by atoms with Gasteiger partial charge >= 0.3 is 7.12 Å². The summed E-state index contributed by atoms with van der Waals surface area (Å²) < 4.78 is 26.8. The van der Waals surface area contributed by atoms with Crippen molar-refractivity contribution in [3.05, 3.63) is 51.2 Å². The van der Waals surface area contributed by atoms with Gasteiger partial charge in [-0.25, -0.2) is 0 Å². The molecule has 2 aromatic carbocycles. The third-order valence-electron chi connectivity index (χ3n) is 6.88. The van der Waals surface area contributed by atoms with Gasteiger partial charge in [0.15, 0.2) is 0 Å². The molecule has 1 aliphatic heterocycles. The van der Waals surface area contributed by atoms with Crippen LogP contribution >= 0.6 is 39.1 Å². The second-order valence-electron chi connectivity index (χ2n) is 10.1. The van der Waals surface area contributed by atoms with Crippen molar-refractivity contribution < 1.29 is 18.8 Å². The molecule has 8 nitrogen and oxygen atoms in total. The highest BCUT2D eigenvalue weighted by Crippen LogP contribution is 2.37. The van der Waals surface area contributed by atoms with Crippen LogP contribution in [0.2, 0.25) is 10.0 Å². The predicted octanol–water partition coefficient (Wildman–Crippen LogP) is 5.73. The van der Waals surface area contributed by atoms with Crippen LogP contribution in [0.4, 0.5) is 0 Å². The Morgan fingerprint density at radius 3 is 1.79 bits per heavy atom. The van der Waals surface area contributed by atoms with Crippen molar-refractivity contribution in [3.63, 3.8) is 0 Å². The van der Waals surface area contributed by atoms with Crippen molar-refractivity contribution >= 4 is 73.5 Å². The molecule has 0 radical (unpaired) electrons. The van der Waals surface area contributed by atoms with Crippen molar-refractivity contribution in [2.45, 2.75) is 52.0 Å². The van der Waals surface area contributed by atoms with E-state index in [9.17, 15) is 0 Å². The van der Waals surface area contributed by atoms with Gasteiger partial charge in [0.1, 0.15) is 0 Å². The lowest BCUT2D eigenvalue weighted by molar-refractivity contribution is 0.00578. The van der Waals surface area contributed by atoms with E-state index in [0.29, 0.717) is 29.8 Å². The lowest BCUT2D eigenvalue weighted by Crippen LogP contribution is -2.41. The number of ether oxygens (including phenoxy) is 2. The molecular formula is C26H32BBrCl2N4O4. The van der Waals surface area contributed by atoms with E-state index >= 15 is 0 Å². The van der Waals surface area contributed by atoms with Crippen LogP contribution in [0.5, 0.6) is 0 Å². The predicted molar refractivity (Wildman–Crippen MR) is 157 cm³/mol. The Labute approximate surface area is 241 Å². The Bertz CT molecular complexity index is 1410. The lowest BCUT2D eigenvalue weighted by atomic mass is 9.78. The van der Waals surface area contributed by atoms with Gasteiger partial charge in [-0.05, 0) is 61.8 Å². The van der Waals surface area contributed by atoms with Crippen molar-refractivity contribution in [2.75, 3.05) is 27.4 Å². The van der Waals surface area contributed by atoms with Gasteiger partial charge in [-0.15, -0.1) is 0 Å². The van der Waals surface area contributed by atoms with Gasteiger partial charge in [-0.1, -0.05) is 29.3 Å². The number of aromatic nitrogens is 4. The van der Waals surface area contributed by atoms with Crippen LogP contribution in [0.15, 0.2) is 41.1 Å². The van der Waals surface area contributed by atoms with Crippen molar-refractivity contribution in [1.29, 1.82) is 0 Å². The molecule has 0 bridgehead atoms. The van der Waals surface area contributed by atoms with Crippen LogP contribution in [0.25, 0.3) is 21.8 Å². The minimum absolute atomic E-state index is 0.390. The smallest absolute Gasteiger partial charge is 0.399 e. The Balaban J connectivity index is 0.000000194. The van der Waals surface area contributed by atoms with Crippen LogP contribution in [0, 0.1) is 0 Å². The van der Waals surface area contributed by atoms with Crippen molar-refractivity contribution in [1.82, 2.24) is 19.6 Å². The second-order valence-corrected chi connectivity index (χ2v) is 11.7. The second kappa shape index (κ2) is 11.8. The molecule has 0 aliphatic carbocycles. The molecule has 204 valence electrons. The first-order chi connectivity index (χ1) is 18.0.